The fourth-order valence-electron chi connectivity index (χ4n) is 0.737. The summed E-state index contributed by atoms with van der Waals surface area (Å²) in [5.74, 6) is 2.63. The molecule has 1 heterocycles. The summed E-state index contributed by atoms with van der Waals surface area (Å²) in [4.78, 5) is 8.34. The Balaban J connectivity index is 2.74. The first-order valence-electron chi connectivity index (χ1n) is 3.35. The number of aromatic nitrogens is 2. The third-order valence-corrected chi connectivity index (χ3v) is 1.78. The molecule has 0 spiro atoms. The van der Waals surface area contributed by atoms with Gasteiger partial charge >= 0.3 is 0 Å². The van der Waals surface area contributed by atoms with E-state index in [-0.39, 0.29) is 0 Å². The number of rotatable bonds is 3. The highest BCUT2D eigenvalue weighted by atomic mass is 32.2. The lowest BCUT2D eigenvalue weighted by Crippen LogP contribution is -1.97. The fraction of sp³-hybridized carbons (Fsp3) is 0.429. The molecule has 0 saturated heterocycles. The first-order valence-corrected chi connectivity index (χ1v) is 4.75. The van der Waals surface area contributed by atoms with Crippen molar-refractivity contribution in [3.05, 3.63) is 18.1 Å². The summed E-state index contributed by atoms with van der Waals surface area (Å²) >= 11 is 1.72. The van der Waals surface area contributed by atoms with E-state index in [4.69, 9.17) is 0 Å². The molecule has 1 N–H and O–H groups in total. The monoisotopic (exact) mass is 169 g/mol. The third kappa shape index (κ3) is 2.38. The van der Waals surface area contributed by atoms with E-state index >= 15 is 0 Å². The van der Waals surface area contributed by atoms with Gasteiger partial charge in [-0.3, -0.25) is 0 Å². The Morgan fingerprint density at radius 1 is 1.64 bits per heavy atom. The summed E-state index contributed by atoms with van der Waals surface area (Å²) in [7, 11) is 1.85. The molecular formula is C7H11N3S. The third-order valence-electron chi connectivity index (χ3n) is 1.24. The molecule has 0 aromatic carbocycles. The summed E-state index contributed by atoms with van der Waals surface area (Å²) in [6, 6.07) is 1.85. The van der Waals surface area contributed by atoms with Gasteiger partial charge in [0.05, 0.1) is 5.75 Å². The van der Waals surface area contributed by atoms with E-state index in [0.717, 1.165) is 17.4 Å². The first-order chi connectivity index (χ1) is 5.36. The second-order valence-electron chi connectivity index (χ2n) is 2.04. The summed E-state index contributed by atoms with van der Waals surface area (Å²) < 4.78 is 0. The molecule has 1 rings (SSSR count). The molecule has 0 aliphatic carbocycles. The Bertz CT molecular complexity index is 227. The number of anilines is 1. The number of hydrogen-bond acceptors (Lipinski definition) is 4. The molecule has 3 nitrogen and oxygen atoms in total. The van der Waals surface area contributed by atoms with Crippen molar-refractivity contribution in [2.24, 2.45) is 0 Å². The maximum atomic E-state index is 4.24. The lowest BCUT2D eigenvalue weighted by atomic mass is 10.5. The lowest BCUT2D eigenvalue weighted by molar-refractivity contribution is 1.03. The Hall–Kier alpha value is -0.770. The van der Waals surface area contributed by atoms with Gasteiger partial charge in [0.15, 0.2) is 0 Å². The molecule has 0 bridgehead atoms. The van der Waals surface area contributed by atoms with E-state index in [1.54, 1.807) is 18.0 Å². The van der Waals surface area contributed by atoms with Gasteiger partial charge in [-0.05, 0) is 12.3 Å². The van der Waals surface area contributed by atoms with Crippen molar-refractivity contribution in [1.82, 2.24) is 9.97 Å². The van der Waals surface area contributed by atoms with Crippen molar-refractivity contribution in [1.29, 1.82) is 0 Å². The minimum absolute atomic E-state index is 0.871. The normalized spacial score (nSPS) is 9.64. The van der Waals surface area contributed by atoms with E-state index in [0.29, 0.717) is 0 Å². The van der Waals surface area contributed by atoms with Crippen LogP contribution in [0, 0.1) is 0 Å². The molecule has 60 valence electrons. The number of hydrogen-bond donors (Lipinski definition) is 1. The Morgan fingerprint density at radius 2 is 2.45 bits per heavy atom. The highest BCUT2D eigenvalue weighted by Gasteiger charge is 1.94. The Labute approximate surface area is 70.6 Å². The van der Waals surface area contributed by atoms with Gasteiger partial charge in [0.25, 0.3) is 0 Å². The van der Waals surface area contributed by atoms with Gasteiger partial charge in [0, 0.05) is 13.2 Å². The average Bonchev–Trinajstić information content (AvgIpc) is 2.06. The van der Waals surface area contributed by atoms with Gasteiger partial charge in [-0.1, -0.05) is 0 Å². The van der Waals surface area contributed by atoms with Crippen molar-refractivity contribution in [3.8, 4) is 0 Å². The maximum Gasteiger partial charge on any atom is 0.140 e. The fourth-order valence-corrected chi connectivity index (χ4v) is 1.13. The average molecular weight is 169 g/mol. The van der Waals surface area contributed by atoms with Crippen LogP contribution in [0.1, 0.15) is 5.82 Å². The van der Waals surface area contributed by atoms with Gasteiger partial charge in [-0.2, -0.15) is 11.8 Å². The minimum Gasteiger partial charge on any atom is -0.373 e. The molecule has 0 fully saturated rings. The van der Waals surface area contributed by atoms with Gasteiger partial charge < -0.3 is 5.32 Å². The Kier molecular flexibility index (Phi) is 3.16. The predicted octanol–water partition coefficient (Wildman–Crippen LogP) is 1.38. The van der Waals surface area contributed by atoms with Gasteiger partial charge in [0.2, 0.25) is 0 Å². The van der Waals surface area contributed by atoms with Crippen LogP contribution < -0.4 is 5.32 Å². The van der Waals surface area contributed by atoms with Gasteiger partial charge in [-0.25, -0.2) is 9.97 Å². The summed E-state index contributed by atoms with van der Waals surface area (Å²) in [5, 5.41) is 2.97. The largest absolute Gasteiger partial charge is 0.373 e. The molecule has 0 atom stereocenters. The number of thioether (sulfide) groups is 1. The summed E-state index contributed by atoms with van der Waals surface area (Å²) in [6.45, 7) is 0. The van der Waals surface area contributed by atoms with Crippen LogP contribution in [-0.4, -0.2) is 23.3 Å². The highest BCUT2D eigenvalue weighted by molar-refractivity contribution is 7.97. The zero-order valence-electron chi connectivity index (χ0n) is 6.66. The van der Waals surface area contributed by atoms with Crippen molar-refractivity contribution < 1.29 is 0 Å². The SMILES string of the molecule is CNc1ccnc(CSC)n1. The molecule has 4 heteroatoms. The minimum atomic E-state index is 0.871. The number of nitrogens with one attached hydrogen (secondary N) is 1. The van der Waals surface area contributed by atoms with Crippen LogP contribution in [0.15, 0.2) is 12.3 Å². The zero-order chi connectivity index (χ0) is 8.10. The van der Waals surface area contributed by atoms with Crippen molar-refractivity contribution in [3.63, 3.8) is 0 Å². The second-order valence-corrected chi connectivity index (χ2v) is 2.91. The standard InChI is InChI=1S/C7H11N3S/c1-8-6-3-4-9-7(10-6)5-11-2/h3-4H,5H2,1-2H3,(H,8,9,10). The predicted molar refractivity (Wildman–Crippen MR) is 48.8 cm³/mol. The molecule has 1 aromatic rings. The van der Waals surface area contributed by atoms with E-state index < -0.39 is 0 Å². The quantitative estimate of drug-likeness (QED) is 0.742. The molecule has 0 radical (unpaired) electrons. The molecule has 1 aromatic heterocycles. The van der Waals surface area contributed by atoms with Crippen molar-refractivity contribution in [2.45, 2.75) is 5.75 Å². The topological polar surface area (TPSA) is 37.8 Å². The molecule has 0 saturated carbocycles. The van der Waals surface area contributed by atoms with Crippen molar-refractivity contribution >= 4 is 17.6 Å². The van der Waals surface area contributed by atoms with Crippen LogP contribution in [0.25, 0.3) is 0 Å². The van der Waals surface area contributed by atoms with Crippen LogP contribution in [0.5, 0.6) is 0 Å². The molecule has 0 amide bonds. The maximum absolute atomic E-state index is 4.24. The van der Waals surface area contributed by atoms with E-state index in [1.807, 2.05) is 19.4 Å². The second kappa shape index (κ2) is 4.18. The summed E-state index contributed by atoms with van der Waals surface area (Å²) in [6.07, 6.45) is 3.81. The van der Waals surface area contributed by atoms with Crippen LogP contribution in [-0.2, 0) is 5.75 Å². The van der Waals surface area contributed by atoms with E-state index in [2.05, 4.69) is 15.3 Å². The van der Waals surface area contributed by atoms with Gasteiger partial charge in [-0.15, -0.1) is 0 Å². The van der Waals surface area contributed by atoms with E-state index in [9.17, 15) is 0 Å². The van der Waals surface area contributed by atoms with Gasteiger partial charge in [0.1, 0.15) is 11.6 Å². The molecule has 0 unspecified atom stereocenters. The summed E-state index contributed by atoms with van der Waals surface area (Å²) in [5.41, 5.74) is 0. The number of nitrogens with zero attached hydrogens (tertiary/aromatic N) is 2. The molecule has 11 heavy (non-hydrogen) atoms. The lowest BCUT2D eigenvalue weighted by Gasteiger charge is -1.99. The van der Waals surface area contributed by atoms with Crippen LogP contribution >= 0.6 is 11.8 Å². The Morgan fingerprint density at radius 3 is 3.09 bits per heavy atom. The van der Waals surface area contributed by atoms with Crippen LogP contribution in [0.2, 0.25) is 0 Å². The van der Waals surface area contributed by atoms with Crippen molar-refractivity contribution in [2.75, 3.05) is 18.6 Å². The molecule has 0 aliphatic rings. The smallest absolute Gasteiger partial charge is 0.140 e. The molecule has 0 aliphatic heterocycles. The first kappa shape index (κ1) is 8.33. The highest BCUT2D eigenvalue weighted by Crippen LogP contribution is 2.05. The zero-order valence-corrected chi connectivity index (χ0v) is 7.48. The van der Waals surface area contributed by atoms with E-state index in [1.165, 1.54) is 0 Å². The van der Waals surface area contributed by atoms with Crippen LogP contribution in [0.3, 0.4) is 0 Å². The van der Waals surface area contributed by atoms with Crippen LogP contribution in [0.4, 0.5) is 5.82 Å². The molecular weight excluding hydrogens is 158 g/mol.